The second-order valence-corrected chi connectivity index (χ2v) is 5.81. The maximum atomic E-state index is 12.1. The molecule has 5 nitrogen and oxygen atoms in total. The third kappa shape index (κ3) is 3.35. The summed E-state index contributed by atoms with van der Waals surface area (Å²) < 4.78 is 1.56. The van der Waals surface area contributed by atoms with Crippen molar-refractivity contribution in [3.63, 3.8) is 0 Å². The van der Waals surface area contributed by atoms with Gasteiger partial charge in [-0.25, -0.2) is 0 Å². The number of rotatable bonds is 5. The number of thioether (sulfide) groups is 1. The van der Waals surface area contributed by atoms with Gasteiger partial charge in [-0.05, 0) is 28.6 Å². The molecule has 3 rings (SSSR count). The van der Waals surface area contributed by atoms with Crippen molar-refractivity contribution in [2.24, 2.45) is 0 Å². The van der Waals surface area contributed by atoms with Gasteiger partial charge in [0.2, 0.25) is 5.16 Å². The van der Waals surface area contributed by atoms with Crippen molar-refractivity contribution in [1.29, 1.82) is 0 Å². The van der Waals surface area contributed by atoms with E-state index in [1.807, 2.05) is 30.3 Å². The molecule has 0 saturated heterocycles. The summed E-state index contributed by atoms with van der Waals surface area (Å²) >= 11 is 7.27. The van der Waals surface area contributed by atoms with E-state index in [4.69, 9.17) is 11.6 Å². The molecule has 0 spiro atoms. The van der Waals surface area contributed by atoms with E-state index < -0.39 is 0 Å². The van der Waals surface area contributed by atoms with Crippen LogP contribution in [0.15, 0.2) is 59.8 Å². The third-order valence-electron chi connectivity index (χ3n) is 2.92. The van der Waals surface area contributed by atoms with Crippen molar-refractivity contribution in [2.45, 2.75) is 5.16 Å². The summed E-state index contributed by atoms with van der Waals surface area (Å²) in [6.45, 7) is 0. The summed E-state index contributed by atoms with van der Waals surface area (Å²) in [6.07, 6.45) is 0. The summed E-state index contributed by atoms with van der Waals surface area (Å²) in [5.74, 6) is 0.302. The van der Waals surface area contributed by atoms with Gasteiger partial charge >= 0.3 is 0 Å². The number of halogens is 1. The van der Waals surface area contributed by atoms with Gasteiger partial charge in [-0.1, -0.05) is 59.8 Å². The van der Waals surface area contributed by atoms with Gasteiger partial charge in [-0.3, -0.25) is 4.79 Å². The number of hydrogen-bond acceptors (Lipinski definition) is 5. The number of Topliss-reactive ketones (excluding diaryl/α,β-unsaturated/α-hetero) is 1. The van der Waals surface area contributed by atoms with Crippen molar-refractivity contribution in [1.82, 2.24) is 20.2 Å². The normalized spacial score (nSPS) is 10.6. The van der Waals surface area contributed by atoms with Crippen LogP contribution in [0.2, 0.25) is 5.02 Å². The van der Waals surface area contributed by atoms with E-state index in [0.29, 0.717) is 15.7 Å². The molecule has 22 heavy (non-hydrogen) atoms. The number of hydrogen-bond donors (Lipinski definition) is 0. The smallest absolute Gasteiger partial charge is 0.214 e. The number of tetrazole rings is 1. The van der Waals surface area contributed by atoms with Gasteiger partial charge in [0.15, 0.2) is 5.78 Å². The van der Waals surface area contributed by atoms with E-state index in [0.717, 1.165) is 5.69 Å². The minimum Gasteiger partial charge on any atom is -0.293 e. The highest BCUT2D eigenvalue weighted by Gasteiger charge is 2.12. The number of ketones is 1. The van der Waals surface area contributed by atoms with Crippen molar-refractivity contribution in [3.05, 3.63) is 65.2 Å². The lowest BCUT2D eigenvalue weighted by Gasteiger charge is -2.04. The maximum absolute atomic E-state index is 12.1. The number of nitrogens with zero attached hydrogens (tertiary/aromatic N) is 4. The van der Waals surface area contributed by atoms with Crippen LogP contribution in [0, 0.1) is 0 Å². The SMILES string of the molecule is O=C(CSc1nnnn1-c1cccc(Cl)c1)c1ccccc1. The molecule has 0 N–H and O–H groups in total. The molecule has 0 bridgehead atoms. The molecule has 0 aliphatic heterocycles. The molecule has 0 unspecified atom stereocenters. The Morgan fingerprint density at radius 2 is 1.95 bits per heavy atom. The Labute approximate surface area is 136 Å². The van der Waals surface area contributed by atoms with E-state index in [1.54, 1.807) is 28.9 Å². The van der Waals surface area contributed by atoms with Gasteiger partial charge in [-0.2, -0.15) is 4.68 Å². The van der Waals surface area contributed by atoms with Crippen LogP contribution in [-0.4, -0.2) is 31.7 Å². The van der Waals surface area contributed by atoms with Gasteiger partial charge in [0.1, 0.15) is 0 Å². The largest absolute Gasteiger partial charge is 0.293 e. The number of benzene rings is 2. The first-order valence-corrected chi connectivity index (χ1v) is 7.86. The minimum atomic E-state index is 0.0336. The van der Waals surface area contributed by atoms with Crippen molar-refractivity contribution in [3.8, 4) is 5.69 Å². The second-order valence-electron chi connectivity index (χ2n) is 4.43. The van der Waals surface area contributed by atoms with E-state index >= 15 is 0 Å². The van der Waals surface area contributed by atoms with E-state index in [9.17, 15) is 4.79 Å². The average Bonchev–Trinajstić information content (AvgIpc) is 3.02. The van der Waals surface area contributed by atoms with Crippen LogP contribution in [0.1, 0.15) is 10.4 Å². The zero-order chi connectivity index (χ0) is 15.4. The Morgan fingerprint density at radius 1 is 1.14 bits per heavy atom. The highest BCUT2D eigenvalue weighted by molar-refractivity contribution is 7.99. The fourth-order valence-electron chi connectivity index (χ4n) is 1.88. The zero-order valence-corrected chi connectivity index (χ0v) is 13.0. The minimum absolute atomic E-state index is 0.0336. The molecule has 7 heteroatoms. The first kappa shape index (κ1) is 14.7. The van der Waals surface area contributed by atoms with Crippen LogP contribution in [0.3, 0.4) is 0 Å². The highest BCUT2D eigenvalue weighted by Crippen LogP contribution is 2.21. The number of carbonyl (C=O) groups excluding carboxylic acids is 1. The molecule has 0 radical (unpaired) electrons. The standard InChI is InChI=1S/C15H11ClN4OS/c16-12-7-4-8-13(9-12)20-15(17-18-19-20)22-10-14(21)11-5-2-1-3-6-11/h1-9H,10H2. The van der Waals surface area contributed by atoms with Crippen molar-refractivity contribution >= 4 is 29.1 Å². The molecule has 0 aliphatic rings. The molecule has 3 aromatic rings. The molecule has 1 aromatic heterocycles. The van der Waals surface area contributed by atoms with Gasteiger partial charge < -0.3 is 0 Å². The molecule has 0 saturated carbocycles. The van der Waals surface area contributed by atoms with Crippen molar-refractivity contribution in [2.75, 3.05) is 5.75 Å². The number of carbonyl (C=O) groups is 1. The molecule has 1 heterocycles. The summed E-state index contributed by atoms with van der Waals surface area (Å²) in [5.41, 5.74) is 1.43. The van der Waals surface area contributed by atoms with E-state index in [-0.39, 0.29) is 11.5 Å². The Bertz CT molecular complexity index is 791. The first-order valence-electron chi connectivity index (χ1n) is 6.49. The van der Waals surface area contributed by atoms with E-state index in [2.05, 4.69) is 15.5 Å². The molecule has 0 fully saturated rings. The lowest BCUT2D eigenvalue weighted by molar-refractivity contribution is 0.102. The lowest BCUT2D eigenvalue weighted by Crippen LogP contribution is -2.04. The topological polar surface area (TPSA) is 60.7 Å². The van der Waals surface area contributed by atoms with Crippen LogP contribution >= 0.6 is 23.4 Å². The predicted octanol–water partition coefficient (Wildman–Crippen LogP) is 3.29. The highest BCUT2D eigenvalue weighted by atomic mass is 35.5. The number of aromatic nitrogens is 4. The average molecular weight is 331 g/mol. The van der Waals surface area contributed by atoms with Crippen molar-refractivity contribution < 1.29 is 4.79 Å². The Morgan fingerprint density at radius 3 is 2.73 bits per heavy atom. The quantitative estimate of drug-likeness (QED) is 0.530. The Kier molecular flexibility index (Phi) is 4.50. The molecule has 0 amide bonds. The maximum Gasteiger partial charge on any atom is 0.214 e. The summed E-state index contributed by atoms with van der Waals surface area (Å²) in [4.78, 5) is 12.1. The summed E-state index contributed by atoms with van der Waals surface area (Å²) in [6, 6.07) is 16.4. The van der Waals surface area contributed by atoms with Gasteiger partial charge in [0.05, 0.1) is 11.4 Å². The summed E-state index contributed by atoms with van der Waals surface area (Å²) in [5, 5.41) is 12.7. The van der Waals surface area contributed by atoms with Gasteiger partial charge in [0, 0.05) is 10.6 Å². The van der Waals surface area contributed by atoms with Gasteiger partial charge in [-0.15, -0.1) is 5.10 Å². The predicted molar refractivity (Wildman–Crippen MR) is 85.7 cm³/mol. The third-order valence-corrected chi connectivity index (χ3v) is 4.08. The Balaban J connectivity index is 1.75. The van der Waals surface area contributed by atoms with Crippen LogP contribution in [0.5, 0.6) is 0 Å². The Hall–Kier alpha value is -2.18. The molecule has 0 aliphatic carbocycles. The van der Waals surface area contributed by atoms with Crippen LogP contribution in [0.25, 0.3) is 5.69 Å². The molecule has 2 aromatic carbocycles. The molecule has 110 valence electrons. The van der Waals surface area contributed by atoms with Crippen LogP contribution in [-0.2, 0) is 0 Å². The molecule has 0 atom stereocenters. The second kappa shape index (κ2) is 6.72. The lowest BCUT2D eigenvalue weighted by atomic mass is 10.2. The van der Waals surface area contributed by atoms with Gasteiger partial charge in [0.25, 0.3) is 0 Å². The molecular weight excluding hydrogens is 320 g/mol. The van der Waals surface area contributed by atoms with E-state index in [1.165, 1.54) is 11.8 Å². The summed E-state index contributed by atoms with van der Waals surface area (Å²) in [7, 11) is 0. The first-order chi connectivity index (χ1) is 10.7. The molecular formula is C15H11ClN4OS. The zero-order valence-electron chi connectivity index (χ0n) is 11.4. The fourth-order valence-corrected chi connectivity index (χ4v) is 2.85. The fraction of sp³-hybridized carbons (Fsp3) is 0.0667. The van der Waals surface area contributed by atoms with Crippen LogP contribution in [0.4, 0.5) is 0 Å². The monoisotopic (exact) mass is 330 g/mol. The van der Waals surface area contributed by atoms with Crippen LogP contribution < -0.4 is 0 Å².